The predicted octanol–water partition coefficient (Wildman–Crippen LogP) is 1.83. The lowest BCUT2D eigenvalue weighted by atomic mass is 10.1. The third-order valence-corrected chi connectivity index (χ3v) is 5.60. The first-order valence-electron chi connectivity index (χ1n) is 9.47. The van der Waals surface area contributed by atoms with E-state index in [0.29, 0.717) is 4.96 Å². The molecule has 30 heavy (non-hydrogen) atoms. The number of nitrogens with zero attached hydrogens (tertiary/aromatic N) is 4. The fraction of sp³-hybridized carbons (Fsp3) is 0.300. The molecule has 0 atom stereocenters. The summed E-state index contributed by atoms with van der Waals surface area (Å²) in [5.41, 5.74) is 0.450. The minimum atomic E-state index is -0.764. The van der Waals surface area contributed by atoms with Crippen LogP contribution in [0.15, 0.2) is 35.1 Å². The molecule has 0 bridgehead atoms. The fourth-order valence-corrected chi connectivity index (χ4v) is 4.07. The molecule has 3 aromatic rings. The Morgan fingerprint density at radius 3 is 2.50 bits per heavy atom. The lowest BCUT2D eigenvalue weighted by Gasteiger charge is -2.12. The van der Waals surface area contributed by atoms with Crippen LogP contribution in [0.1, 0.15) is 51.2 Å². The van der Waals surface area contributed by atoms with Crippen molar-refractivity contribution in [2.24, 2.45) is 0 Å². The van der Waals surface area contributed by atoms with E-state index in [0.717, 1.165) is 29.2 Å². The highest BCUT2D eigenvalue weighted by Gasteiger charge is 2.36. The van der Waals surface area contributed by atoms with Crippen LogP contribution in [0.2, 0.25) is 0 Å². The summed E-state index contributed by atoms with van der Waals surface area (Å²) in [5, 5.41) is 5.08. The Bertz CT molecular complexity index is 1180. The Morgan fingerprint density at radius 2 is 1.83 bits per heavy atom. The highest BCUT2D eigenvalue weighted by Crippen LogP contribution is 2.22. The smallest absolute Gasteiger partial charge is 0.326 e. The van der Waals surface area contributed by atoms with Gasteiger partial charge in [-0.1, -0.05) is 36.8 Å². The number of imide groups is 1. The second-order valence-electron chi connectivity index (χ2n) is 6.78. The number of hydrogen-bond acceptors (Lipinski definition) is 8. The molecular formula is C20H18N4O5S. The van der Waals surface area contributed by atoms with Gasteiger partial charge in [-0.05, 0) is 18.6 Å². The molecule has 0 N–H and O–H groups in total. The molecule has 1 aliphatic rings. The van der Waals surface area contributed by atoms with E-state index in [1.165, 1.54) is 34.1 Å². The maximum absolute atomic E-state index is 12.3. The molecule has 0 spiro atoms. The first-order chi connectivity index (χ1) is 14.5. The number of benzene rings is 1. The molecule has 3 heterocycles. The number of esters is 1. The van der Waals surface area contributed by atoms with Crippen LogP contribution in [0.5, 0.6) is 0 Å². The molecule has 0 radical (unpaired) electrons. The maximum atomic E-state index is 12.3. The van der Waals surface area contributed by atoms with Crippen molar-refractivity contribution in [1.29, 1.82) is 0 Å². The second kappa shape index (κ2) is 8.15. The van der Waals surface area contributed by atoms with Crippen LogP contribution in [-0.2, 0) is 22.6 Å². The molecule has 0 saturated heterocycles. The molecule has 2 amide bonds. The first kappa shape index (κ1) is 19.9. The molecule has 1 aliphatic heterocycles. The highest BCUT2D eigenvalue weighted by atomic mass is 32.1. The molecule has 0 fully saturated rings. The summed E-state index contributed by atoms with van der Waals surface area (Å²) in [5.74, 6) is -1.83. The third-order valence-electron chi connectivity index (χ3n) is 4.63. The van der Waals surface area contributed by atoms with E-state index in [9.17, 15) is 19.2 Å². The molecule has 1 aromatic carbocycles. The summed E-state index contributed by atoms with van der Waals surface area (Å²) in [6.45, 7) is 1.33. The minimum Gasteiger partial charge on any atom is -0.458 e. The van der Waals surface area contributed by atoms with Gasteiger partial charge in [0.15, 0.2) is 0 Å². The number of unbranched alkanes of at least 4 members (excludes halogenated alkanes) is 1. The van der Waals surface area contributed by atoms with E-state index >= 15 is 0 Å². The van der Waals surface area contributed by atoms with Crippen molar-refractivity contribution in [3.05, 3.63) is 62.5 Å². The van der Waals surface area contributed by atoms with Crippen molar-refractivity contribution in [3.63, 3.8) is 0 Å². The van der Waals surface area contributed by atoms with Crippen LogP contribution >= 0.6 is 11.3 Å². The standard InChI is InChI=1S/C20H18N4O5S/c1-2-3-8-15-22-24-16(25)9-12(21-20(24)30-15)11-29-17(26)10-23-18(27)13-6-4-5-7-14(13)19(23)28/h4-7,9H,2-3,8,10-11H2,1H3. The van der Waals surface area contributed by atoms with E-state index in [1.807, 2.05) is 0 Å². The number of aromatic nitrogens is 3. The van der Waals surface area contributed by atoms with Gasteiger partial charge in [-0.2, -0.15) is 9.61 Å². The summed E-state index contributed by atoms with van der Waals surface area (Å²) < 4.78 is 6.39. The van der Waals surface area contributed by atoms with E-state index in [2.05, 4.69) is 17.0 Å². The van der Waals surface area contributed by atoms with Crippen LogP contribution in [0.25, 0.3) is 4.96 Å². The van der Waals surface area contributed by atoms with Gasteiger partial charge in [0.05, 0.1) is 16.8 Å². The summed E-state index contributed by atoms with van der Waals surface area (Å²) in [6, 6.07) is 7.64. The molecule has 0 unspecified atom stereocenters. The van der Waals surface area contributed by atoms with Crippen molar-refractivity contribution in [3.8, 4) is 0 Å². The second-order valence-corrected chi connectivity index (χ2v) is 7.82. The van der Waals surface area contributed by atoms with Crippen molar-refractivity contribution in [2.75, 3.05) is 6.54 Å². The van der Waals surface area contributed by atoms with Crippen LogP contribution in [0.3, 0.4) is 0 Å². The molecule has 154 valence electrons. The Balaban J connectivity index is 1.42. The summed E-state index contributed by atoms with van der Waals surface area (Å²) in [6.07, 6.45) is 2.76. The monoisotopic (exact) mass is 426 g/mol. The van der Waals surface area contributed by atoms with Crippen LogP contribution in [-0.4, -0.2) is 43.8 Å². The normalized spacial score (nSPS) is 13.2. The zero-order valence-electron chi connectivity index (χ0n) is 16.2. The van der Waals surface area contributed by atoms with Gasteiger partial charge in [0, 0.05) is 12.5 Å². The Morgan fingerprint density at radius 1 is 1.13 bits per heavy atom. The molecule has 0 saturated carbocycles. The van der Waals surface area contributed by atoms with Gasteiger partial charge in [0.1, 0.15) is 18.2 Å². The van der Waals surface area contributed by atoms with E-state index < -0.39 is 24.3 Å². The number of ether oxygens (including phenoxy) is 1. The lowest BCUT2D eigenvalue weighted by Crippen LogP contribution is -2.35. The summed E-state index contributed by atoms with van der Waals surface area (Å²) >= 11 is 1.32. The number of carbonyl (C=O) groups excluding carboxylic acids is 3. The van der Waals surface area contributed by atoms with Crippen molar-refractivity contribution >= 4 is 34.1 Å². The van der Waals surface area contributed by atoms with Gasteiger partial charge in [-0.25, -0.2) is 4.98 Å². The van der Waals surface area contributed by atoms with Crippen molar-refractivity contribution < 1.29 is 19.1 Å². The molecule has 2 aromatic heterocycles. The minimum absolute atomic E-state index is 0.240. The van der Waals surface area contributed by atoms with Gasteiger partial charge in [0.25, 0.3) is 17.4 Å². The molecule has 10 heteroatoms. The fourth-order valence-electron chi connectivity index (χ4n) is 3.11. The van der Waals surface area contributed by atoms with Crippen LogP contribution in [0, 0.1) is 0 Å². The van der Waals surface area contributed by atoms with Gasteiger partial charge in [-0.15, -0.1) is 0 Å². The van der Waals surface area contributed by atoms with Crippen molar-refractivity contribution in [2.45, 2.75) is 32.8 Å². The predicted molar refractivity (Wildman–Crippen MR) is 107 cm³/mol. The number of aryl methyl sites for hydroxylation is 1. The van der Waals surface area contributed by atoms with Gasteiger partial charge >= 0.3 is 5.97 Å². The SMILES string of the molecule is CCCCc1nn2c(=O)cc(COC(=O)CN3C(=O)c4ccccc4C3=O)nc2s1. The average Bonchev–Trinajstić information content (AvgIpc) is 3.26. The largest absolute Gasteiger partial charge is 0.458 e. The zero-order valence-corrected chi connectivity index (χ0v) is 17.0. The average molecular weight is 426 g/mol. The Kier molecular flexibility index (Phi) is 5.40. The van der Waals surface area contributed by atoms with E-state index in [-0.39, 0.29) is 29.0 Å². The topological polar surface area (TPSA) is 111 Å². The van der Waals surface area contributed by atoms with E-state index in [4.69, 9.17) is 4.74 Å². The number of carbonyl (C=O) groups is 3. The molecule has 0 aliphatic carbocycles. The Labute approximate surface area is 174 Å². The number of rotatable bonds is 7. The lowest BCUT2D eigenvalue weighted by molar-refractivity contribution is -0.145. The number of fused-ring (bicyclic) bond motifs is 2. The summed E-state index contributed by atoms with van der Waals surface area (Å²) in [4.78, 5) is 54.7. The van der Waals surface area contributed by atoms with Gasteiger partial charge in [-0.3, -0.25) is 24.1 Å². The third kappa shape index (κ3) is 3.73. The quantitative estimate of drug-likeness (QED) is 0.419. The molecular weight excluding hydrogens is 408 g/mol. The van der Waals surface area contributed by atoms with E-state index in [1.54, 1.807) is 12.1 Å². The van der Waals surface area contributed by atoms with Crippen molar-refractivity contribution in [1.82, 2.24) is 19.5 Å². The first-order valence-corrected chi connectivity index (χ1v) is 10.3. The molecule has 9 nitrogen and oxygen atoms in total. The van der Waals surface area contributed by atoms with Gasteiger partial charge < -0.3 is 4.74 Å². The van der Waals surface area contributed by atoms with Gasteiger partial charge in [0.2, 0.25) is 4.96 Å². The highest BCUT2D eigenvalue weighted by molar-refractivity contribution is 7.16. The Hall–Kier alpha value is -3.40. The maximum Gasteiger partial charge on any atom is 0.326 e. The molecule has 4 rings (SSSR count). The zero-order chi connectivity index (χ0) is 21.3. The van der Waals surface area contributed by atoms with Crippen LogP contribution < -0.4 is 5.56 Å². The number of hydrogen-bond donors (Lipinski definition) is 0. The number of amides is 2. The summed E-state index contributed by atoms with van der Waals surface area (Å²) in [7, 11) is 0. The van der Waals surface area contributed by atoms with Crippen LogP contribution in [0.4, 0.5) is 0 Å².